The van der Waals surface area contributed by atoms with Crippen LogP contribution in [0.3, 0.4) is 0 Å². The third kappa shape index (κ3) is 3.20. The van der Waals surface area contributed by atoms with Crippen molar-refractivity contribution in [2.75, 3.05) is 13.1 Å². The molecule has 1 fully saturated rings. The lowest BCUT2D eigenvalue weighted by Gasteiger charge is -2.39. The summed E-state index contributed by atoms with van der Waals surface area (Å²) in [5.74, 6) is 0. The second kappa shape index (κ2) is 4.59. The van der Waals surface area contributed by atoms with Gasteiger partial charge in [0.15, 0.2) is 8.32 Å². The molecule has 1 aliphatic heterocycles. The third-order valence-corrected chi connectivity index (χ3v) is 8.34. The van der Waals surface area contributed by atoms with Gasteiger partial charge in [0, 0.05) is 12.6 Å². The van der Waals surface area contributed by atoms with Crippen molar-refractivity contribution in [3.63, 3.8) is 0 Å². The fraction of sp³-hybridized carbons (Fsp3) is 0.909. The van der Waals surface area contributed by atoms with Gasteiger partial charge in [-0.25, -0.2) is 4.79 Å². The Morgan fingerprint density at radius 2 is 1.94 bits per heavy atom. The molecule has 1 heterocycles. The SMILES string of the molecule is CC(C)(C)[Si](C)(C)O[C@H]1CN(C(=O)O)C[C@H]1N. The molecule has 0 aromatic rings. The minimum atomic E-state index is -1.88. The second-order valence-electron chi connectivity index (χ2n) is 6.27. The van der Waals surface area contributed by atoms with E-state index in [0.717, 1.165) is 0 Å². The van der Waals surface area contributed by atoms with Crippen molar-refractivity contribution in [3.8, 4) is 0 Å². The number of rotatable bonds is 2. The van der Waals surface area contributed by atoms with Gasteiger partial charge in [0.1, 0.15) is 0 Å². The molecule has 3 N–H and O–H groups in total. The molecular formula is C11H24N2O3Si. The molecule has 0 unspecified atom stereocenters. The highest BCUT2D eigenvalue weighted by Crippen LogP contribution is 2.38. The second-order valence-corrected chi connectivity index (χ2v) is 11.0. The Morgan fingerprint density at radius 1 is 1.41 bits per heavy atom. The number of hydrogen-bond donors (Lipinski definition) is 2. The Labute approximate surface area is 104 Å². The summed E-state index contributed by atoms with van der Waals surface area (Å²) in [5, 5.41) is 9.05. The summed E-state index contributed by atoms with van der Waals surface area (Å²) in [6.07, 6.45) is -1.08. The van der Waals surface area contributed by atoms with E-state index in [9.17, 15) is 4.79 Å². The fourth-order valence-electron chi connectivity index (χ4n) is 1.64. The van der Waals surface area contributed by atoms with E-state index < -0.39 is 14.4 Å². The van der Waals surface area contributed by atoms with Gasteiger partial charge in [0.05, 0.1) is 12.6 Å². The quantitative estimate of drug-likeness (QED) is 0.741. The number of carboxylic acid groups (broad SMARTS) is 1. The van der Waals surface area contributed by atoms with E-state index in [1.807, 2.05) is 0 Å². The van der Waals surface area contributed by atoms with Crippen LogP contribution in [0.4, 0.5) is 4.79 Å². The van der Waals surface area contributed by atoms with Crippen molar-refractivity contribution in [2.24, 2.45) is 5.73 Å². The van der Waals surface area contributed by atoms with Crippen LogP contribution in [0.1, 0.15) is 20.8 Å². The van der Waals surface area contributed by atoms with Crippen molar-refractivity contribution in [1.29, 1.82) is 0 Å². The average molecular weight is 260 g/mol. The van der Waals surface area contributed by atoms with Crippen molar-refractivity contribution < 1.29 is 14.3 Å². The van der Waals surface area contributed by atoms with E-state index in [4.69, 9.17) is 15.3 Å². The van der Waals surface area contributed by atoms with Crippen molar-refractivity contribution in [1.82, 2.24) is 4.90 Å². The lowest BCUT2D eigenvalue weighted by Crippen LogP contribution is -2.48. The molecule has 1 aliphatic rings. The smallest absolute Gasteiger partial charge is 0.407 e. The Kier molecular flexibility index (Phi) is 3.90. The van der Waals surface area contributed by atoms with Gasteiger partial charge in [-0.3, -0.25) is 0 Å². The summed E-state index contributed by atoms with van der Waals surface area (Å²) >= 11 is 0. The predicted octanol–water partition coefficient (Wildman–Crippen LogP) is 1.70. The molecule has 2 atom stereocenters. The average Bonchev–Trinajstić information content (AvgIpc) is 2.45. The molecule has 6 heteroatoms. The van der Waals surface area contributed by atoms with Crippen molar-refractivity contribution in [3.05, 3.63) is 0 Å². The van der Waals surface area contributed by atoms with Gasteiger partial charge >= 0.3 is 6.09 Å². The minimum Gasteiger partial charge on any atom is -0.465 e. The summed E-state index contributed by atoms with van der Waals surface area (Å²) in [7, 11) is -1.88. The van der Waals surface area contributed by atoms with Gasteiger partial charge in [-0.1, -0.05) is 20.8 Å². The van der Waals surface area contributed by atoms with E-state index in [1.165, 1.54) is 4.90 Å². The number of amides is 1. The summed E-state index contributed by atoms with van der Waals surface area (Å²) in [6.45, 7) is 11.6. The summed E-state index contributed by atoms with van der Waals surface area (Å²) in [5.41, 5.74) is 5.95. The molecule has 0 bridgehead atoms. The van der Waals surface area contributed by atoms with Crippen LogP contribution in [-0.2, 0) is 4.43 Å². The molecule has 1 saturated heterocycles. The molecule has 1 rings (SSSR count). The van der Waals surface area contributed by atoms with Crippen molar-refractivity contribution in [2.45, 2.75) is 51.0 Å². The van der Waals surface area contributed by atoms with Crippen LogP contribution in [0, 0.1) is 0 Å². The van der Waals surface area contributed by atoms with E-state index >= 15 is 0 Å². The van der Waals surface area contributed by atoms with Crippen LogP contribution in [-0.4, -0.2) is 49.7 Å². The highest BCUT2D eigenvalue weighted by molar-refractivity contribution is 6.74. The zero-order valence-electron chi connectivity index (χ0n) is 11.4. The minimum absolute atomic E-state index is 0.114. The van der Waals surface area contributed by atoms with Crippen LogP contribution in [0.2, 0.25) is 18.1 Å². The topological polar surface area (TPSA) is 75.8 Å². The van der Waals surface area contributed by atoms with Gasteiger partial charge in [-0.05, 0) is 18.1 Å². The molecule has 0 aromatic heterocycles. The number of nitrogens with zero attached hydrogens (tertiary/aromatic N) is 1. The Bertz CT molecular complexity index is 302. The zero-order valence-corrected chi connectivity index (χ0v) is 12.4. The maximum absolute atomic E-state index is 10.9. The lowest BCUT2D eigenvalue weighted by atomic mass is 10.2. The molecule has 0 saturated carbocycles. The summed E-state index contributed by atoms with van der Waals surface area (Å²) in [6, 6.07) is -0.208. The Hall–Kier alpha value is -0.593. The molecule has 17 heavy (non-hydrogen) atoms. The molecule has 0 radical (unpaired) electrons. The first kappa shape index (κ1) is 14.5. The summed E-state index contributed by atoms with van der Waals surface area (Å²) in [4.78, 5) is 12.2. The van der Waals surface area contributed by atoms with Crippen LogP contribution in [0.25, 0.3) is 0 Å². The molecule has 1 amide bonds. The third-order valence-electron chi connectivity index (χ3n) is 3.83. The number of carbonyl (C=O) groups is 1. The van der Waals surface area contributed by atoms with Gasteiger partial charge in [0.25, 0.3) is 0 Å². The lowest BCUT2D eigenvalue weighted by molar-refractivity contribution is 0.141. The zero-order chi connectivity index (χ0) is 13.4. The Balaban J connectivity index is 2.68. The van der Waals surface area contributed by atoms with E-state index in [1.54, 1.807) is 0 Å². The van der Waals surface area contributed by atoms with Crippen LogP contribution >= 0.6 is 0 Å². The maximum Gasteiger partial charge on any atom is 0.407 e. The van der Waals surface area contributed by atoms with Crippen LogP contribution in [0.15, 0.2) is 0 Å². The van der Waals surface area contributed by atoms with Gasteiger partial charge in [0.2, 0.25) is 0 Å². The number of hydrogen-bond acceptors (Lipinski definition) is 3. The van der Waals surface area contributed by atoms with E-state index in [-0.39, 0.29) is 17.2 Å². The highest BCUT2D eigenvalue weighted by atomic mass is 28.4. The molecule has 0 spiro atoms. The van der Waals surface area contributed by atoms with E-state index in [2.05, 4.69) is 33.9 Å². The maximum atomic E-state index is 10.9. The van der Waals surface area contributed by atoms with Crippen LogP contribution < -0.4 is 5.73 Å². The molecule has 0 aromatic carbocycles. The highest BCUT2D eigenvalue weighted by Gasteiger charge is 2.43. The van der Waals surface area contributed by atoms with Gasteiger partial charge < -0.3 is 20.2 Å². The first-order valence-corrected chi connectivity index (χ1v) is 8.87. The van der Waals surface area contributed by atoms with Crippen LogP contribution in [0.5, 0.6) is 0 Å². The fourth-order valence-corrected chi connectivity index (χ4v) is 3.00. The summed E-state index contributed by atoms with van der Waals surface area (Å²) < 4.78 is 6.16. The molecular weight excluding hydrogens is 236 g/mol. The number of nitrogens with two attached hydrogens (primary N) is 1. The Morgan fingerprint density at radius 3 is 2.29 bits per heavy atom. The van der Waals surface area contributed by atoms with E-state index in [0.29, 0.717) is 13.1 Å². The van der Waals surface area contributed by atoms with Gasteiger partial charge in [-0.15, -0.1) is 0 Å². The first-order valence-electron chi connectivity index (χ1n) is 5.96. The number of likely N-dealkylation sites (tertiary alicyclic amines) is 1. The monoisotopic (exact) mass is 260 g/mol. The van der Waals surface area contributed by atoms with Crippen molar-refractivity contribution >= 4 is 14.4 Å². The molecule has 0 aliphatic carbocycles. The predicted molar refractivity (Wildman–Crippen MR) is 69.6 cm³/mol. The molecule has 100 valence electrons. The largest absolute Gasteiger partial charge is 0.465 e. The van der Waals surface area contributed by atoms with Gasteiger partial charge in [-0.2, -0.15) is 0 Å². The molecule has 5 nitrogen and oxygen atoms in total. The first-order chi connectivity index (χ1) is 7.54. The normalized spacial score (nSPS) is 26.4. The standard InChI is InChI=1S/C11H24N2O3Si/c1-11(2,3)17(4,5)16-9-7-13(10(14)15)6-8(9)12/h8-9H,6-7,12H2,1-5H3,(H,14,15)/t8-,9+/m1/s1.